The molecule has 1 aromatic carbocycles. The number of halogens is 1. The number of hydrogen-bond acceptors (Lipinski definition) is 3. The summed E-state index contributed by atoms with van der Waals surface area (Å²) in [5.41, 5.74) is 0.324. The molecule has 1 aromatic rings. The molecule has 0 spiro atoms. The highest BCUT2D eigenvalue weighted by atomic mass is 19.1. The molecule has 2 N–H and O–H groups in total. The first-order chi connectivity index (χ1) is 10.0. The Balaban J connectivity index is 2.27. The summed E-state index contributed by atoms with van der Waals surface area (Å²) in [7, 11) is 0. The smallest absolute Gasteiger partial charge is 0.328 e. The molecule has 1 atom stereocenters. The van der Waals surface area contributed by atoms with Crippen molar-refractivity contribution in [2.45, 2.75) is 18.9 Å². The van der Waals surface area contributed by atoms with E-state index >= 15 is 0 Å². The summed E-state index contributed by atoms with van der Waals surface area (Å²) in [5, 5.41) is 17.8. The van der Waals surface area contributed by atoms with Gasteiger partial charge in [-0.15, -0.1) is 0 Å². The second-order valence-electron chi connectivity index (χ2n) is 4.89. The van der Waals surface area contributed by atoms with E-state index in [4.69, 9.17) is 5.11 Å². The summed E-state index contributed by atoms with van der Waals surface area (Å²) in [5.74, 6) is -2.25. The zero-order valence-corrected chi connectivity index (χ0v) is 11.3. The monoisotopic (exact) mass is 293 g/mol. The minimum absolute atomic E-state index is 0.108. The van der Waals surface area contributed by atoms with Crippen molar-refractivity contribution in [3.8, 4) is 0 Å². The van der Waals surface area contributed by atoms with E-state index in [0.29, 0.717) is 18.5 Å². The van der Waals surface area contributed by atoms with Crippen LogP contribution in [-0.4, -0.2) is 46.2 Å². The van der Waals surface area contributed by atoms with Crippen molar-refractivity contribution in [1.82, 2.24) is 4.90 Å². The third-order valence-corrected chi connectivity index (χ3v) is 3.49. The average molecular weight is 293 g/mol. The van der Waals surface area contributed by atoms with Gasteiger partial charge >= 0.3 is 5.97 Å². The second kappa shape index (κ2) is 6.49. The molecular formula is C15H16FNO4. The normalized spacial score (nSPS) is 18.4. The number of carbonyl (C=O) groups excluding carboxylic acids is 1. The van der Waals surface area contributed by atoms with Crippen molar-refractivity contribution >= 4 is 18.0 Å². The SMILES string of the molecule is O=C(O)C=Cc1ccc(F)c(C(=O)N2CCCC2CO)c1. The number of nitrogens with zero attached hydrogens (tertiary/aromatic N) is 1. The molecule has 5 nitrogen and oxygen atoms in total. The fraction of sp³-hybridized carbons (Fsp3) is 0.333. The molecule has 0 bridgehead atoms. The van der Waals surface area contributed by atoms with Gasteiger partial charge in [-0.3, -0.25) is 4.79 Å². The molecule has 2 rings (SSSR count). The van der Waals surface area contributed by atoms with Gasteiger partial charge in [0.05, 0.1) is 18.2 Å². The van der Waals surface area contributed by atoms with E-state index in [1.165, 1.54) is 23.1 Å². The minimum Gasteiger partial charge on any atom is -0.478 e. The molecule has 6 heteroatoms. The molecule has 1 unspecified atom stereocenters. The number of aliphatic carboxylic acids is 1. The van der Waals surface area contributed by atoms with E-state index in [1.54, 1.807) is 0 Å². The minimum atomic E-state index is -1.12. The number of carboxylic acids is 1. The number of benzene rings is 1. The second-order valence-corrected chi connectivity index (χ2v) is 4.89. The van der Waals surface area contributed by atoms with Gasteiger partial charge in [-0.25, -0.2) is 9.18 Å². The van der Waals surface area contributed by atoms with Gasteiger partial charge in [0.25, 0.3) is 5.91 Å². The highest BCUT2D eigenvalue weighted by Crippen LogP contribution is 2.22. The summed E-state index contributed by atoms with van der Waals surface area (Å²) in [6.07, 6.45) is 3.69. The van der Waals surface area contributed by atoms with Crippen LogP contribution in [0.15, 0.2) is 24.3 Å². The predicted molar refractivity (Wildman–Crippen MR) is 74.2 cm³/mol. The Bertz CT molecular complexity index is 585. The molecule has 1 amide bonds. The lowest BCUT2D eigenvalue weighted by atomic mass is 10.1. The highest BCUT2D eigenvalue weighted by Gasteiger charge is 2.30. The van der Waals surface area contributed by atoms with E-state index in [1.807, 2.05) is 0 Å². The number of likely N-dealkylation sites (tertiary alicyclic amines) is 1. The molecule has 1 fully saturated rings. The maximum atomic E-state index is 13.9. The predicted octanol–water partition coefficient (Wildman–Crippen LogP) is 1.52. The summed E-state index contributed by atoms with van der Waals surface area (Å²) in [4.78, 5) is 24.3. The van der Waals surface area contributed by atoms with Crippen LogP contribution < -0.4 is 0 Å². The van der Waals surface area contributed by atoms with Crippen LogP contribution in [0.1, 0.15) is 28.8 Å². The fourth-order valence-electron chi connectivity index (χ4n) is 2.43. The maximum Gasteiger partial charge on any atom is 0.328 e. The van der Waals surface area contributed by atoms with Crippen molar-refractivity contribution in [2.24, 2.45) is 0 Å². The number of aliphatic hydroxyl groups is 1. The van der Waals surface area contributed by atoms with Crippen LogP contribution in [0, 0.1) is 5.82 Å². The Hall–Kier alpha value is -2.21. The molecule has 1 aliphatic heterocycles. The van der Waals surface area contributed by atoms with E-state index < -0.39 is 17.7 Å². The van der Waals surface area contributed by atoms with Gasteiger partial charge in [0.15, 0.2) is 0 Å². The Morgan fingerprint density at radius 3 is 2.86 bits per heavy atom. The number of carboxylic acid groups (broad SMARTS) is 1. The van der Waals surface area contributed by atoms with Crippen molar-refractivity contribution < 1.29 is 24.2 Å². The molecular weight excluding hydrogens is 277 g/mol. The summed E-state index contributed by atoms with van der Waals surface area (Å²) in [6, 6.07) is 3.58. The van der Waals surface area contributed by atoms with E-state index in [2.05, 4.69) is 0 Å². The van der Waals surface area contributed by atoms with Crippen LogP contribution >= 0.6 is 0 Å². The van der Waals surface area contributed by atoms with Crippen molar-refractivity contribution in [2.75, 3.05) is 13.2 Å². The molecule has 0 radical (unpaired) electrons. The Morgan fingerprint density at radius 1 is 1.43 bits per heavy atom. The number of rotatable bonds is 4. The van der Waals surface area contributed by atoms with Crippen LogP contribution in [0.5, 0.6) is 0 Å². The van der Waals surface area contributed by atoms with Gasteiger partial charge in [-0.1, -0.05) is 6.07 Å². The largest absolute Gasteiger partial charge is 0.478 e. The first kappa shape index (κ1) is 15.2. The van der Waals surface area contributed by atoms with Crippen LogP contribution in [0.4, 0.5) is 4.39 Å². The molecule has 1 aliphatic rings. The first-order valence-corrected chi connectivity index (χ1v) is 6.65. The van der Waals surface area contributed by atoms with Gasteiger partial charge in [0.1, 0.15) is 5.82 Å². The average Bonchev–Trinajstić information content (AvgIpc) is 2.94. The highest BCUT2D eigenvalue weighted by molar-refractivity contribution is 5.96. The third-order valence-electron chi connectivity index (χ3n) is 3.49. The Labute approximate surface area is 121 Å². The number of carbonyl (C=O) groups is 2. The maximum absolute atomic E-state index is 13.9. The number of aliphatic hydroxyl groups excluding tert-OH is 1. The first-order valence-electron chi connectivity index (χ1n) is 6.65. The number of amides is 1. The number of hydrogen-bond donors (Lipinski definition) is 2. The molecule has 0 aliphatic carbocycles. The van der Waals surface area contributed by atoms with Crippen molar-refractivity contribution in [1.29, 1.82) is 0 Å². The molecule has 1 heterocycles. The van der Waals surface area contributed by atoms with Gasteiger partial charge in [0, 0.05) is 12.6 Å². The molecule has 112 valence electrons. The third kappa shape index (κ3) is 3.46. The van der Waals surface area contributed by atoms with Crippen molar-refractivity contribution in [3.05, 3.63) is 41.2 Å². The zero-order valence-electron chi connectivity index (χ0n) is 11.3. The van der Waals surface area contributed by atoms with Crippen molar-refractivity contribution in [3.63, 3.8) is 0 Å². The van der Waals surface area contributed by atoms with Crippen LogP contribution in [0.3, 0.4) is 0 Å². The molecule has 1 saturated heterocycles. The van der Waals surface area contributed by atoms with Gasteiger partial charge in [0.2, 0.25) is 0 Å². The summed E-state index contributed by atoms with van der Waals surface area (Å²) in [6.45, 7) is 0.338. The topological polar surface area (TPSA) is 77.8 Å². The fourth-order valence-corrected chi connectivity index (χ4v) is 2.43. The zero-order chi connectivity index (χ0) is 15.4. The lowest BCUT2D eigenvalue weighted by Crippen LogP contribution is -2.38. The Morgan fingerprint density at radius 2 is 2.19 bits per heavy atom. The van der Waals surface area contributed by atoms with E-state index in [-0.39, 0.29) is 18.2 Å². The van der Waals surface area contributed by atoms with E-state index in [0.717, 1.165) is 18.6 Å². The van der Waals surface area contributed by atoms with Crippen LogP contribution in [0.25, 0.3) is 6.08 Å². The van der Waals surface area contributed by atoms with Crippen LogP contribution in [-0.2, 0) is 4.79 Å². The van der Waals surface area contributed by atoms with Gasteiger partial charge in [-0.05, 0) is 36.6 Å². The lowest BCUT2D eigenvalue weighted by molar-refractivity contribution is -0.131. The van der Waals surface area contributed by atoms with Gasteiger partial charge in [-0.2, -0.15) is 0 Å². The molecule has 0 aromatic heterocycles. The summed E-state index contributed by atoms with van der Waals surface area (Å²) >= 11 is 0. The summed E-state index contributed by atoms with van der Waals surface area (Å²) < 4.78 is 13.9. The quantitative estimate of drug-likeness (QED) is 0.825. The molecule has 21 heavy (non-hydrogen) atoms. The lowest BCUT2D eigenvalue weighted by Gasteiger charge is -2.23. The standard InChI is InChI=1S/C15H16FNO4/c16-13-5-3-10(4-6-14(19)20)8-12(13)15(21)17-7-1-2-11(17)9-18/h3-6,8,11,18H,1-2,7,9H2,(H,19,20). The molecule has 0 saturated carbocycles. The van der Waals surface area contributed by atoms with Crippen LogP contribution in [0.2, 0.25) is 0 Å². The Kier molecular flexibility index (Phi) is 4.70. The van der Waals surface area contributed by atoms with E-state index in [9.17, 15) is 19.1 Å². The van der Waals surface area contributed by atoms with Gasteiger partial charge < -0.3 is 15.1 Å².